The Bertz CT molecular complexity index is 539. The van der Waals surface area contributed by atoms with E-state index in [1.165, 1.54) is 6.92 Å². The summed E-state index contributed by atoms with van der Waals surface area (Å²) in [6.07, 6.45) is 1.51. The predicted octanol–water partition coefficient (Wildman–Crippen LogP) is 0.602. The van der Waals surface area contributed by atoms with Crippen LogP contribution in [0.15, 0.2) is 24.3 Å². The summed E-state index contributed by atoms with van der Waals surface area (Å²) in [5.74, 6) is -0.295. The van der Waals surface area contributed by atoms with E-state index in [0.717, 1.165) is 12.1 Å². The average Bonchev–Trinajstić information content (AvgIpc) is 2.41. The van der Waals surface area contributed by atoms with Crippen LogP contribution in [0.25, 0.3) is 0 Å². The van der Waals surface area contributed by atoms with Crippen LogP contribution in [0.4, 0.5) is 5.69 Å². The van der Waals surface area contributed by atoms with E-state index in [-0.39, 0.29) is 17.6 Å². The van der Waals surface area contributed by atoms with Crippen molar-refractivity contribution in [3.8, 4) is 0 Å². The Morgan fingerprint density at radius 1 is 1.40 bits per heavy atom. The van der Waals surface area contributed by atoms with Gasteiger partial charge in [-0.1, -0.05) is 0 Å². The summed E-state index contributed by atoms with van der Waals surface area (Å²) in [6.45, 7) is 2.04. The Balaban J connectivity index is 2.16. The van der Waals surface area contributed by atoms with Gasteiger partial charge in [-0.05, 0) is 37.1 Å². The van der Waals surface area contributed by atoms with Gasteiger partial charge in [0.15, 0.2) is 0 Å². The van der Waals surface area contributed by atoms with E-state index >= 15 is 0 Å². The van der Waals surface area contributed by atoms with Crippen molar-refractivity contribution in [2.24, 2.45) is 5.73 Å². The standard InChI is InChI=1S/C14H18N4O2/c1-9(19)17-12-3-2-8-18(14(12)20)11-6-4-10(5-7-11)13(15)16/h4-7,12H,2-3,8H2,1H3,(H3,15,16)(H,17,19). The van der Waals surface area contributed by atoms with Gasteiger partial charge in [0.25, 0.3) is 0 Å². The number of anilines is 1. The van der Waals surface area contributed by atoms with Crippen molar-refractivity contribution in [3.05, 3.63) is 29.8 Å². The van der Waals surface area contributed by atoms with Crippen LogP contribution < -0.4 is 16.0 Å². The zero-order valence-electron chi connectivity index (χ0n) is 11.3. The molecule has 0 radical (unpaired) electrons. The molecule has 1 aromatic rings. The van der Waals surface area contributed by atoms with Gasteiger partial charge in [0.1, 0.15) is 11.9 Å². The summed E-state index contributed by atoms with van der Waals surface area (Å²) in [4.78, 5) is 25.1. The van der Waals surface area contributed by atoms with E-state index in [0.29, 0.717) is 18.5 Å². The van der Waals surface area contributed by atoms with Crippen LogP contribution in [0.5, 0.6) is 0 Å². The molecule has 1 fully saturated rings. The molecular weight excluding hydrogens is 256 g/mol. The van der Waals surface area contributed by atoms with Gasteiger partial charge < -0.3 is 16.0 Å². The molecule has 1 aliphatic rings. The van der Waals surface area contributed by atoms with Crippen molar-refractivity contribution < 1.29 is 9.59 Å². The summed E-state index contributed by atoms with van der Waals surface area (Å²) >= 11 is 0. The van der Waals surface area contributed by atoms with Crippen LogP contribution >= 0.6 is 0 Å². The molecule has 0 aliphatic carbocycles. The van der Waals surface area contributed by atoms with Gasteiger partial charge in [-0.25, -0.2) is 0 Å². The maximum atomic E-state index is 12.3. The lowest BCUT2D eigenvalue weighted by Gasteiger charge is -2.32. The highest BCUT2D eigenvalue weighted by Crippen LogP contribution is 2.21. The minimum absolute atomic E-state index is 0.00218. The first-order valence-corrected chi connectivity index (χ1v) is 6.52. The summed E-state index contributed by atoms with van der Waals surface area (Å²) < 4.78 is 0. The lowest BCUT2D eigenvalue weighted by atomic mass is 10.0. The molecule has 4 N–H and O–H groups in total. The number of amides is 2. The molecule has 0 bridgehead atoms. The van der Waals surface area contributed by atoms with Crippen molar-refractivity contribution >= 4 is 23.3 Å². The van der Waals surface area contributed by atoms with Crippen molar-refractivity contribution in [2.75, 3.05) is 11.4 Å². The van der Waals surface area contributed by atoms with E-state index in [9.17, 15) is 9.59 Å². The number of hydrogen-bond donors (Lipinski definition) is 3. The Morgan fingerprint density at radius 3 is 2.60 bits per heavy atom. The third-order valence-electron chi connectivity index (χ3n) is 3.31. The Kier molecular flexibility index (Phi) is 4.02. The third-order valence-corrected chi connectivity index (χ3v) is 3.31. The number of hydrogen-bond acceptors (Lipinski definition) is 3. The van der Waals surface area contributed by atoms with Gasteiger partial charge in [0.2, 0.25) is 11.8 Å². The molecule has 1 aromatic carbocycles. The van der Waals surface area contributed by atoms with Crippen LogP contribution in [0.3, 0.4) is 0 Å². The van der Waals surface area contributed by atoms with Gasteiger partial charge in [-0.3, -0.25) is 15.0 Å². The van der Waals surface area contributed by atoms with E-state index in [4.69, 9.17) is 11.1 Å². The molecule has 20 heavy (non-hydrogen) atoms. The van der Waals surface area contributed by atoms with E-state index in [2.05, 4.69) is 5.32 Å². The Morgan fingerprint density at radius 2 is 2.05 bits per heavy atom. The minimum atomic E-state index is -0.450. The molecule has 0 spiro atoms. The van der Waals surface area contributed by atoms with E-state index in [1.54, 1.807) is 29.2 Å². The highest BCUT2D eigenvalue weighted by atomic mass is 16.2. The molecule has 2 amide bonds. The molecule has 2 rings (SSSR count). The fourth-order valence-electron chi connectivity index (χ4n) is 2.33. The number of carbonyl (C=O) groups is 2. The van der Waals surface area contributed by atoms with Crippen molar-refractivity contribution in [3.63, 3.8) is 0 Å². The Hall–Kier alpha value is -2.37. The Labute approximate surface area is 117 Å². The predicted molar refractivity (Wildman–Crippen MR) is 76.6 cm³/mol. The zero-order chi connectivity index (χ0) is 14.7. The molecule has 1 unspecified atom stereocenters. The topological polar surface area (TPSA) is 99.3 Å². The highest BCUT2D eigenvalue weighted by molar-refractivity contribution is 6.00. The fraction of sp³-hybridized carbons (Fsp3) is 0.357. The molecule has 6 nitrogen and oxygen atoms in total. The molecule has 0 aromatic heterocycles. The lowest BCUT2D eigenvalue weighted by molar-refractivity contribution is -0.127. The van der Waals surface area contributed by atoms with Gasteiger partial charge in [-0.2, -0.15) is 0 Å². The van der Waals surface area contributed by atoms with Crippen LogP contribution in [-0.2, 0) is 9.59 Å². The van der Waals surface area contributed by atoms with Crippen molar-refractivity contribution in [1.29, 1.82) is 5.41 Å². The largest absolute Gasteiger partial charge is 0.384 e. The maximum Gasteiger partial charge on any atom is 0.249 e. The lowest BCUT2D eigenvalue weighted by Crippen LogP contribution is -2.52. The molecule has 1 aliphatic heterocycles. The van der Waals surface area contributed by atoms with Gasteiger partial charge in [-0.15, -0.1) is 0 Å². The number of nitrogens with one attached hydrogen (secondary N) is 2. The first kappa shape index (κ1) is 14.0. The smallest absolute Gasteiger partial charge is 0.249 e. The molecule has 1 saturated heterocycles. The second-order valence-corrected chi connectivity index (χ2v) is 4.85. The zero-order valence-corrected chi connectivity index (χ0v) is 11.3. The first-order chi connectivity index (χ1) is 9.49. The number of nitrogens with zero attached hydrogens (tertiary/aromatic N) is 1. The number of benzene rings is 1. The molecule has 106 valence electrons. The van der Waals surface area contributed by atoms with E-state index < -0.39 is 6.04 Å². The summed E-state index contributed by atoms with van der Waals surface area (Å²) in [7, 11) is 0. The third kappa shape index (κ3) is 2.96. The monoisotopic (exact) mass is 274 g/mol. The van der Waals surface area contributed by atoms with Crippen LogP contribution in [-0.4, -0.2) is 30.2 Å². The average molecular weight is 274 g/mol. The summed E-state index contributed by atoms with van der Waals surface area (Å²) in [5.41, 5.74) is 6.78. The number of nitrogens with two attached hydrogens (primary N) is 1. The normalized spacial score (nSPS) is 18.8. The van der Waals surface area contributed by atoms with Crippen molar-refractivity contribution in [1.82, 2.24) is 5.32 Å². The number of amidine groups is 1. The fourth-order valence-corrected chi connectivity index (χ4v) is 2.33. The number of nitrogen functional groups attached to an aromatic ring is 1. The van der Waals surface area contributed by atoms with E-state index in [1.807, 2.05) is 0 Å². The first-order valence-electron chi connectivity index (χ1n) is 6.52. The number of carbonyl (C=O) groups excluding carboxylic acids is 2. The summed E-state index contributed by atoms with van der Waals surface area (Å²) in [6, 6.07) is 6.52. The van der Waals surface area contributed by atoms with Gasteiger partial charge in [0, 0.05) is 24.7 Å². The minimum Gasteiger partial charge on any atom is -0.384 e. The van der Waals surface area contributed by atoms with Gasteiger partial charge in [0.05, 0.1) is 0 Å². The molecule has 1 atom stereocenters. The number of piperidine rings is 1. The molecule has 6 heteroatoms. The van der Waals surface area contributed by atoms with Crippen molar-refractivity contribution in [2.45, 2.75) is 25.8 Å². The van der Waals surface area contributed by atoms with Gasteiger partial charge >= 0.3 is 0 Å². The van der Waals surface area contributed by atoms with Crippen LogP contribution in [0.1, 0.15) is 25.3 Å². The van der Waals surface area contributed by atoms with Crippen LogP contribution in [0.2, 0.25) is 0 Å². The molecule has 0 saturated carbocycles. The second kappa shape index (κ2) is 5.73. The maximum absolute atomic E-state index is 12.3. The SMILES string of the molecule is CC(=O)NC1CCCN(c2ccc(C(=N)N)cc2)C1=O. The quantitative estimate of drug-likeness (QED) is 0.556. The van der Waals surface area contributed by atoms with Crippen LogP contribution in [0, 0.1) is 5.41 Å². The highest BCUT2D eigenvalue weighted by Gasteiger charge is 2.29. The summed E-state index contributed by atoms with van der Waals surface area (Å²) in [5, 5.41) is 10.0. The molecule has 1 heterocycles. The molecular formula is C14H18N4O2. The second-order valence-electron chi connectivity index (χ2n) is 4.85. The number of rotatable bonds is 3.